The first-order chi connectivity index (χ1) is 11.2. The van der Waals surface area contributed by atoms with E-state index in [0.717, 1.165) is 35.9 Å². The number of rotatable bonds is 5. The van der Waals surface area contributed by atoms with Crippen molar-refractivity contribution in [1.29, 1.82) is 0 Å². The molecule has 3 unspecified atom stereocenters. The van der Waals surface area contributed by atoms with E-state index in [0.29, 0.717) is 11.8 Å². The van der Waals surface area contributed by atoms with Gasteiger partial charge in [-0.25, -0.2) is 12.8 Å². The van der Waals surface area contributed by atoms with Crippen LogP contribution in [0.1, 0.15) is 25.7 Å². The number of sulfonamides is 1. The van der Waals surface area contributed by atoms with Crippen molar-refractivity contribution in [3.63, 3.8) is 0 Å². The summed E-state index contributed by atoms with van der Waals surface area (Å²) in [6.45, 7) is -0.339. The van der Waals surface area contributed by atoms with Crippen molar-refractivity contribution >= 4 is 33.2 Å². The first-order valence-corrected chi connectivity index (χ1v) is 10.2. The molecule has 2 aliphatic rings. The van der Waals surface area contributed by atoms with Crippen LogP contribution in [0.5, 0.6) is 0 Å². The highest BCUT2D eigenvalue weighted by Crippen LogP contribution is 2.44. The molecular formula is C16H20ClFN2O3S. The number of benzene rings is 1. The number of fused-ring (bicyclic) bond motifs is 2. The largest absolute Gasteiger partial charge is 0.352 e. The summed E-state index contributed by atoms with van der Waals surface area (Å²) in [6, 6.07) is 3.73. The van der Waals surface area contributed by atoms with Gasteiger partial charge in [0, 0.05) is 6.04 Å². The molecule has 0 saturated heterocycles. The standard InChI is InChI=1S/C16H20ClFN2O3S/c1-24(22,23)20(12-4-5-14(18)13(17)8-12)9-16(21)19-15-7-10-2-3-11(15)6-10/h4-5,8,10-11,15H,2-3,6-7,9H2,1H3,(H,19,21). The Labute approximate surface area is 146 Å². The van der Waals surface area contributed by atoms with Gasteiger partial charge in [0.2, 0.25) is 15.9 Å². The lowest BCUT2D eigenvalue weighted by molar-refractivity contribution is -0.120. The predicted molar refractivity (Wildman–Crippen MR) is 91.0 cm³/mol. The van der Waals surface area contributed by atoms with Crippen LogP contribution < -0.4 is 9.62 Å². The summed E-state index contributed by atoms with van der Waals surface area (Å²) in [7, 11) is -3.70. The van der Waals surface area contributed by atoms with Gasteiger partial charge in [-0.15, -0.1) is 0 Å². The van der Waals surface area contributed by atoms with Gasteiger partial charge in [0.15, 0.2) is 0 Å². The summed E-state index contributed by atoms with van der Waals surface area (Å²) in [5.41, 5.74) is 0.173. The van der Waals surface area contributed by atoms with Gasteiger partial charge in [0.05, 0.1) is 17.0 Å². The molecule has 0 aromatic heterocycles. The molecule has 0 aliphatic heterocycles. The molecule has 8 heteroatoms. The van der Waals surface area contributed by atoms with Crippen molar-refractivity contribution < 1.29 is 17.6 Å². The van der Waals surface area contributed by atoms with Crippen LogP contribution in [0.15, 0.2) is 18.2 Å². The van der Waals surface area contributed by atoms with Crippen molar-refractivity contribution in [2.24, 2.45) is 11.8 Å². The molecule has 2 aliphatic carbocycles. The molecule has 1 N–H and O–H groups in total. The number of nitrogens with one attached hydrogen (secondary N) is 1. The normalized spacial score (nSPS) is 25.7. The van der Waals surface area contributed by atoms with Gasteiger partial charge in [-0.1, -0.05) is 18.0 Å². The molecule has 2 fully saturated rings. The van der Waals surface area contributed by atoms with Crippen molar-refractivity contribution in [2.45, 2.75) is 31.7 Å². The maximum absolute atomic E-state index is 13.3. The minimum Gasteiger partial charge on any atom is -0.352 e. The molecule has 1 amide bonds. The van der Waals surface area contributed by atoms with Crippen LogP contribution in [-0.4, -0.2) is 33.2 Å². The average molecular weight is 375 g/mol. The van der Waals surface area contributed by atoms with Crippen molar-refractivity contribution in [1.82, 2.24) is 5.32 Å². The fourth-order valence-corrected chi connectivity index (χ4v) is 4.87. The van der Waals surface area contributed by atoms with Gasteiger partial charge < -0.3 is 5.32 Å². The van der Waals surface area contributed by atoms with Crippen LogP contribution in [-0.2, 0) is 14.8 Å². The van der Waals surface area contributed by atoms with Gasteiger partial charge in [-0.05, 0) is 49.3 Å². The van der Waals surface area contributed by atoms with E-state index in [9.17, 15) is 17.6 Å². The number of hydrogen-bond acceptors (Lipinski definition) is 3. The van der Waals surface area contributed by atoms with E-state index >= 15 is 0 Å². The summed E-state index contributed by atoms with van der Waals surface area (Å²) in [5.74, 6) is 0.201. The second kappa shape index (κ2) is 6.52. The monoisotopic (exact) mass is 374 g/mol. The van der Waals surface area contributed by atoms with Crippen molar-refractivity contribution in [3.05, 3.63) is 29.0 Å². The van der Waals surface area contributed by atoms with Crippen LogP contribution >= 0.6 is 11.6 Å². The molecular weight excluding hydrogens is 355 g/mol. The Balaban J connectivity index is 1.72. The van der Waals surface area contributed by atoms with E-state index < -0.39 is 15.8 Å². The molecule has 3 rings (SSSR count). The van der Waals surface area contributed by atoms with Crippen molar-refractivity contribution in [3.8, 4) is 0 Å². The third-order valence-corrected chi connectivity index (χ3v) is 6.39. The highest BCUT2D eigenvalue weighted by molar-refractivity contribution is 7.92. The Morgan fingerprint density at radius 3 is 2.67 bits per heavy atom. The Kier molecular flexibility index (Phi) is 4.75. The zero-order chi connectivity index (χ0) is 17.5. The minimum atomic E-state index is -3.70. The predicted octanol–water partition coefficient (Wildman–Crippen LogP) is 2.55. The molecule has 5 nitrogen and oxygen atoms in total. The van der Waals surface area contributed by atoms with Gasteiger partial charge in [-0.2, -0.15) is 0 Å². The first-order valence-electron chi connectivity index (χ1n) is 7.96. The second-order valence-corrected chi connectivity index (χ2v) is 9.03. The number of carbonyl (C=O) groups is 1. The molecule has 0 heterocycles. The summed E-state index contributed by atoms with van der Waals surface area (Å²) in [5, 5.41) is 2.77. The van der Waals surface area contributed by atoms with E-state index in [1.54, 1.807) is 0 Å². The van der Waals surface area contributed by atoms with Crippen LogP contribution in [0, 0.1) is 17.7 Å². The quantitative estimate of drug-likeness (QED) is 0.861. The number of hydrogen-bond donors (Lipinski definition) is 1. The molecule has 0 radical (unpaired) electrons. The third kappa shape index (κ3) is 3.67. The summed E-state index contributed by atoms with van der Waals surface area (Å²) in [6.07, 6.45) is 5.47. The fourth-order valence-electron chi connectivity index (χ4n) is 3.84. The molecule has 1 aromatic rings. The van der Waals surface area contributed by atoms with E-state index in [2.05, 4.69) is 5.32 Å². The maximum Gasteiger partial charge on any atom is 0.241 e. The number of amides is 1. The number of anilines is 1. The molecule has 132 valence electrons. The van der Waals surface area contributed by atoms with Crippen LogP contribution in [0.25, 0.3) is 0 Å². The number of carbonyl (C=O) groups excluding carboxylic acids is 1. The van der Waals surface area contributed by atoms with E-state index in [1.807, 2.05) is 0 Å². The summed E-state index contributed by atoms with van der Waals surface area (Å²) >= 11 is 5.73. The molecule has 2 saturated carbocycles. The smallest absolute Gasteiger partial charge is 0.241 e. The molecule has 3 atom stereocenters. The Bertz CT molecular complexity index is 756. The minimum absolute atomic E-state index is 0.134. The van der Waals surface area contributed by atoms with Crippen LogP contribution in [0.3, 0.4) is 0 Å². The molecule has 1 aromatic carbocycles. The van der Waals surface area contributed by atoms with E-state index in [4.69, 9.17) is 11.6 Å². The zero-order valence-electron chi connectivity index (χ0n) is 13.3. The number of halogens is 2. The van der Waals surface area contributed by atoms with E-state index in [-0.39, 0.29) is 29.2 Å². The lowest BCUT2D eigenvalue weighted by atomic mass is 9.95. The fraction of sp³-hybridized carbons (Fsp3) is 0.562. The Morgan fingerprint density at radius 1 is 1.38 bits per heavy atom. The highest BCUT2D eigenvalue weighted by atomic mass is 35.5. The highest BCUT2D eigenvalue weighted by Gasteiger charge is 2.40. The zero-order valence-corrected chi connectivity index (χ0v) is 14.9. The Hall–Kier alpha value is -1.34. The van der Waals surface area contributed by atoms with Crippen LogP contribution in [0.2, 0.25) is 5.02 Å². The third-order valence-electron chi connectivity index (χ3n) is 4.96. The summed E-state index contributed by atoms with van der Waals surface area (Å²) < 4.78 is 38.3. The lowest BCUT2D eigenvalue weighted by Gasteiger charge is -2.26. The molecule has 0 spiro atoms. The van der Waals surface area contributed by atoms with Gasteiger partial charge >= 0.3 is 0 Å². The first kappa shape index (κ1) is 17.5. The van der Waals surface area contributed by atoms with Crippen molar-refractivity contribution in [2.75, 3.05) is 17.1 Å². The summed E-state index contributed by atoms with van der Waals surface area (Å²) in [4.78, 5) is 12.3. The van der Waals surface area contributed by atoms with E-state index in [1.165, 1.54) is 18.6 Å². The Morgan fingerprint density at radius 2 is 2.12 bits per heavy atom. The average Bonchev–Trinajstić information content (AvgIpc) is 3.09. The van der Waals surface area contributed by atoms with Gasteiger partial charge in [-0.3, -0.25) is 9.10 Å². The molecule has 2 bridgehead atoms. The number of nitrogens with zero attached hydrogens (tertiary/aromatic N) is 1. The van der Waals surface area contributed by atoms with Gasteiger partial charge in [0.1, 0.15) is 12.4 Å². The topological polar surface area (TPSA) is 66.5 Å². The second-order valence-electron chi connectivity index (χ2n) is 6.72. The van der Waals surface area contributed by atoms with Gasteiger partial charge in [0.25, 0.3) is 0 Å². The van der Waals surface area contributed by atoms with Crippen LogP contribution in [0.4, 0.5) is 10.1 Å². The maximum atomic E-state index is 13.3. The lowest BCUT2D eigenvalue weighted by Crippen LogP contribution is -2.45. The SMILES string of the molecule is CS(=O)(=O)N(CC(=O)NC1CC2CCC1C2)c1ccc(F)c(Cl)c1. The molecule has 24 heavy (non-hydrogen) atoms.